The molecule has 24 heavy (non-hydrogen) atoms. The number of nitrogens with one attached hydrogen (secondary N) is 1. The van der Waals surface area contributed by atoms with Crippen molar-refractivity contribution in [2.24, 2.45) is 5.92 Å². The van der Waals surface area contributed by atoms with Crippen molar-refractivity contribution in [3.05, 3.63) is 12.1 Å². The van der Waals surface area contributed by atoms with Gasteiger partial charge in [0, 0.05) is 45.1 Å². The van der Waals surface area contributed by atoms with Crippen LogP contribution in [0.3, 0.4) is 0 Å². The number of hydrogen-bond donors (Lipinski definition) is 1. The maximum absolute atomic E-state index is 12.3. The first-order chi connectivity index (χ1) is 11.6. The molecule has 7 nitrogen and oxygen atoms in total. The van der Waals surface area contributed by atoms with E-state index in [4.69, 9.17) is 4.74 Å². The number of aromatic nitrogens is 1. The first-order valence-corrected chi connectivity index (χ1v) is 8.45. The van der Waals surface area contributed by atoms with Crippen molar-refractivity contribution in [1.29, 1.82) is 0 Å². The van der Waals surface area contributed by atoms with Gasteiger partial charge in [-0.05, 0) is 18.9 Å². The predicted octanol–water partition coefficient (Wildman–Crippen LogP) is 1.50. The second-order valence-electron chi connectivity index (χ2n) is 6.33. The number of piperazine rings is 1. The highest BCUT2D eigenvalue weighted by Crippen LogP contribution is 2.31. The summed E-state index contributed by atoms with van der Waals surface area (Å²) in [7, 11) is 1.58. The third-order valence-corrected chi connectivity index (χ3v) is 4.82. The van der Waals surface area contributed by atoms with Gasteiger partial charge in [-0.2, -0.15) is 4.98 Å². The van der Waals surface area contributed by atoms with Gasteiger partial charge in [0.15, 0.2) is 5.82 Å². The number of hydrogen-bond acceptors (Lipinski definition) is 5. The number of methoxy groups -OCH3 is 1. The van der Waals surface area contributed by atoms with E-state index in [1.54, 1.807) is 20.1 Å². The minimum Gasteiger partial charge on any atom is -0.481 e. The standard InChI is InChI=1S/C17H24N4O3/c1-12(22)20-8-10-21(11-9-20)16-14(6-7-15(19-16)24-2)18-17(23)13-4-3-5-13/h6-7,13H,3-5,8-11H2,1-2H3,(H,18,23). The quantitative estimate of drug-likeness (QED) is 0.904. The number of rotatable bonds is 4. The summed E-state index contributed by atoms with van der Waals surface area (Å²) in [5.41, 5.74) is 0.712. The molecule has 2 aliphatic rings. The molecule has 1 aliphatic carbocycles. The Balaban J connectivity index is 1.77. The van der Waals surface area contributed by atoms with E-state index in [9.17, 15) is 9.59 Å². The Morgan fingerprint density at radius 2 is 1.92 bits per heavy atom. The van der Waals surface area contributed by atoms with Gasteiger partial charge < -0.3 is 19.9 Å². The molecular formula is C17H24N4O3. The van der Waals surface area contributed by atoms with Crippen molar-refractivity contribution in [3.8, 4) is 5.88 Å². The number of nitrogens with zero attached hydrogens (tertiary/aromatic N) is 3. The predicted molar refractivity (Wildman–Crippen MR) is 91.2 cm³/mol. The van der Waals surface area contributed by atoms with Crippen molar-refractivity contribution in [2.45, 2.75) is 26.2 Å². The average Bonchev–Trinajstić information content (AvgIpc) is 2.53. The van der Waals surface area contributed by atoms with Crippen molar-refractivity contribution >= 4 is 23.3 Å². The van der Waals surface area contributed by atoms with E-state index in [1.807, 2.05) is 11.0 Å². The number of amides is 2. The molecule has 0 radical (unpaired) electrons. The summed E-state index contributed by atoms with van der Waals surface area (Å²) in [6.45, 7) is 4.27. The Labute approximate surface area is 142 Å². The molecule has 1 saturated heterocycles. The Morgan fingerprint density at radius 1 is 1.21 bits per heavy atom. The molecule has 1 saturated carbocycles. The number of ether oxygens (including phenoxy) is 1. The maximum atomic E-state index is 12.3. The van der Waals surface area contributed by atoms with Crippen LogP contribution in [0.15, 0.2) is 12.1 Å². The molecule has 0 unspecified atom stereocenters. The molecular weight excluding hydrogens is 308 g/mol. The topological polar surface area (TPSA) is 74.8 Å². The van der Waals surface area contributed by atoms with Gasteiger partial charge in [-0.1, -0.05) is 6.42 Å². The molecule has 7 heteroatoms. The summed E-state index contributed by atoms with van der Waals surface area (Å²) < 4.78 is 5.23. The lowest BCUT2D eigenvalue weighted by Gasteiger charge is -2.36. The monoisotopic (exact) mass is 332 g/mol. The van der Waals surface area contributed by atoms with Crippen molar-refractivity contribution in [2.75, 3.05) is 43.5 Å². The van der Waals surface area contributed by atoms with Gasteiger partial charge in [-0.15, -0.1) is 0 Å². The van der Waals surface area contributed by atoms with Gasteiger partial charge in [0.1, 0.15) is 0 Å². The minimum atomic E-state index is 0.0665. The number of carbonyl (C=O) groups is 2. The van der Waals surface area contributed by atoms with Crippen LogP contribution in [0, 0.1) is 5.92 Å². The molecule has 3 rings (SSSR count). The van der Waals surface area contributed by atoms with E-state index in [-0.39, 0.29) is 17.7 Å². The molecule has 130 valence electrons. The van der Waals surface area contributed by atoms with Crippen LogP contribution in [0.1, 0.15) is 26.2 Å². The van der Waals surface area contributed by atoms with E-state index in [1.165, 1.54) is 0 Å². The van der Waals surface area contributed by atoms with E-state index in [0.717, 1.165) is 19.3 Å². The SMILES string of the molecule is COc1ccc(NC(=O)C2CCC2)c(N2CCN(C(C)=O)CC2)n1. The van der Waals surface area contributed by atoms with Gasteiger partial charge in [-0.3, -0.25) is 9.59 Å². The van der Waals surface area contributed by atoms with E-state index in [0.29, 0.717) is 43.6 Å². The molecule has 0 aromatic carbocycles. The fourth-order valence-electron chi connectivity index (χ4n) is 3.02. The molecule has 1 aromatic heterocycles. The highest BCUT2D eigenvalue weighted by atomic mass is 16.5. The highest BCUT2D eigenvalue weighted by Gasteiger charge is 2.27. The van der Waals surface area contributed by atoms with E-state index < -0.39 is 0 Å². The second-order valence-corrected chi connectivity index (χ2v) is 6.33. The average molecular weight is 332 g/mol. The summed E-state index contributed by atoms with van der Waals surface area (Å²) >= 11 is 0. The molecule has 0 spiro atoms. The Hall–Kier alpha value is -2.31. The molecule has 0 atom stereocenters. The van der Waals surface area contributed by atoms with Gasteiger partial charge >= 0.3 is 0 Å². The third kappa shape index (κ3) is 3.44. The van der Waals surface area contributed by atoms with Gasteiger partial charge in [0.25, 0.3) is 0 Å². The van der Waals surface area contributed by atoms with Crippen molar-refractivity contribution in [1.82, 2.24) is 9.88 Å². The number of pyridine rings is 1. The van der Waals surface area contributed by atoms with Crippen LogP contribution in [0.25, 0.3) is 0 Å². The van der Waals surface area contributed by atoms with E-state index in [2.05, 4.69) is 15.2 Å². The minimum absolute atomic E-state index is 0.0665. The molecule has 2 heterocycles. The molecule has 1 aromatic rings. The smallest absolute Gasteiger partial charge is 0.227 e. The largest absolute Gasteiger partial charge is 0.481 e. The molecule has 2 fully saturated rings. The van der Waals surface area contributed by atoms with Gasteiger partial charge in [0.2, 0.25) is 17.7 Å². The van der Waals surface area contributed by atoms with Crippen LogP contribution in [0.5, 0.6) is 5.88 Å². The van der Waals surface area contributed by atoms with Crippen LogP contribution in [0.4, 0.5) is 11.5 Å². The molecule has 1 aliphatic heterocycles. The zero-order valence-corrected chi connectivity index (χ0v) is 14.2. The van der Waals surface area contributed by atoms with Crippen LogP contribution in [0.2, 0.25) is 0 Å². The van der Waals surface area contributed by atoms with Crippen LogP contribution < -0.4 is 15.0 Å². The first kappa shape index (κ1) is 16.5. The lowest BCUT2D eigenvalue weighted by molar-refractivity contribution is -0.129. The highest BCUT2D eigenvalue weighted by molar-refractivity contribution is 5.95. The summed E-state index contributed by atoms with van der Waals surface area (Å²) in [5, 5.41) is 3.02. The van der Waals surface area contributed by atoms with Gasteiger partial charge in [0.05, 0.1) is 12.8 Å². The third-order valence-electron chi connectivity index (χ3n) is 4.82. The van der Waals surface area contributed by atoms with Crippen LogP contribution >= 0.6 is 0 Å². The van der Waals surface area contributed by atoms with Gasteiger partial charge in [-0.25, -0.2) is 0 Å². The molecule has 1 N–H and O–H groups in total. The number of anilines is 2. The summed E-state index contributed by atoms with van der Waals surface area (Å²) in [6.07, 6.45) is 3.04. The van der Waals surface area contributed by atoms with Crippen LogP contribution in [-0.2, 0) is 9.59 Å². The fourth-order valence-corrected chi connectivity index (χ4v) is 3.02. The molecule has 2 amide bonds. The lowest BCUT2D eigenvalue weighted by Crippen LogP contribution is -2.48. The van der Waals surface area contributed by atoms with Crippen molar-refractivity contribution in [3.63, 3.8) is 0 Å². The summed E-state index contributed by atoms with van der Waals surface area (Å²) in [6, 6.07) is 3.60. The Morgan fingerprint density at radius 3 is 2.46 bits per heavy atom. The second kappa shape index (κ2) is 7.07. The zero-order valence-electron chi connectivity index (χ0n) is 14.2. The zero-order chi connectivity index (χ0) is 17.1. The molecule has 0 bridgehead atoms. The Bertz CT molecular complexity index is 622. The maximum Gasteiger partial charge on any atom is 0.227 e. The summed E-state index contributed by atoms with van der Waals surface area (Å²) in [4.78, 5) is 32.2. The van der Waals surface area contributed by atoms with E-state index >= 15 is 0 Å². The first-order valence-electron chi connectivity index (χ1n) is 8.45. The fraction of sp³-hybridized carbons (Fsp3) is 0.588. The lowest BCUT2D eigenvalue weighted by atomic mass is 9.85. The van der Waals surface area contributed by atoms with Crippen molar-refractivity contribution < 1.29 is 14.3 Å². The normalized spacial score (nSPS) is 18.1. The Kier molecular flexibility index (Phi) is 4.87. The summed E-state index contributed by atoms with van der Waals surface area (Å²) in [5.74, 6) is 1.50. The van der Waals surface area contributed by atoms with Crippen LogP contribution in [-0.4, -0.2) is 55.0 Å². The number of carbonyl (C=O) groups excluding carboxylic acids is 2.